The zero-order chi connectivity index (χ0) is 12.3. The summed E-state index contributed by atoms with van der Waals surface area (Å²) in [5.41, 5.74) is 0.437. The summed E-state index contributed by atoms with van der Waals surface area (Å²) in [5, 5.41) is 6.79. The fourth-order valence-electron chi connectivity index (χ4n) is 1.50. The van der Waals surface area contributed by atoms with Crippen LogP contribution >= 0.6 is 0 Å². The first-order chi connectivity index (χ1) is 8.22. The van der Waals surface area contributed by atoms with Crippen LogP contribution in [0.1, 0.15) is 12.6 Å². The molecule has 3 nitrogen and oxygen atoms in total. The van der Waals surface area contributed by atoms with E-state index >= 15 is 0 Å². The van der Waals surface area contributed by atoms with Gasteiger partial charge in [0, 0.05) is 12.6 Å². The number of hydrogen-bond donors (Lipinski definition) is 1. The average molecular weight is 238 g/mol. The lowest BCUT2D eigenvalue weighted by molar-refractivity contribution is 0.416. The Kier molecular flexibility index (Phi) is 3.49. The number of rotatable bonds is 4. The summed E-state index contributed by atoms with van der Waals surface area (Å²) in [4.78, 5) is 0. The zero-order valence-corrected chi connectivity index (χ0v) is 9.34. The highest BCUT2D eigenvalue weighted by Crippen LogP contribution is 2.26. The van der Waals surface area contributed by atoms with Crippen LogP contribution in [-0.4, -0.2) is 11.7 Å². The molecule has 0 spiro atoms. The van der Waals surface area contributed by atoms with Crippen molar-refractivity contribution in [2.24, 2.45) is 0 Å². The van der Waals surface area contributed by atoms with Gasteiger partial charge in [-0.05, 0) is 18.7 Å². The highest BCUT2D eigenvalue weighted by Gasteiger charge is 2.15. The number of benzene rings is 1. The van der Waals surface area contributed by atoms with Crippen molar-refractivity contribution in [3.63, 3.8) is 0 Å². The van der Waals surface area contributed by atoms with Crippen LogP contribution in [0.25, 0.3) is 11.3 Å². The summed E-state index contributed by atoms with van der Waals surface area (Å²) in [6, 6.07) is 5.21. The van der Waals surface area contributed by atoms with Gasteiger partial charge in [-0.1, -0.05) is 18.1 Å². The van der Waals surface area contributed by atoms with Gasteiger partial charge in [-0.15, -0.1) is 0 Å². The third-order valence-electron chi connectivity index (χ3n) is 2.32. The second kappa shape index (κ2) is 5.05. The van der Waals surface area contributed by atoms with Gasteiger partial charge in [-0.3, -0.25) is 0 Å². The van der Waals surface area contributed by atoms with Crippen molar-refractivity contribution in [1.29, 1.82) is 0 Å². The van der Waals surface area contributed by atoms with Crippen molar-refractivity contribution in [1.82, 2.24) is 10.5 Å². The standard InChI is InChI=1S/C12H12F2N2O/c1-2-15-7-8-6-11(17-16-8)12-9(13)4-3-5-10(12)14/h3-6,15H,2,7H2,1H3. The number of nitrogens with one attached hydrogen (secondary N) is 1. The third kappa shape index (κ3) is 2.50. The normalized spacial score (nSPS) is 10.8. The minimum absolute atomic E-state index is 0.105. The van der Waals surface area contributed by atoms with E-state index in [-0.39, 0.29) is 11.3 Å². The fourth-order valence-corrected chi connectivity index (χ4v) is 1.50. The quantitative estimate of drug-likeness (QED) is 0.890. The molecule has 0 aliphatic carbocycles. The van der Waals surface area contributed by atoms with Crippen molar-refractivity contribution in [3.05, 3.63) is 41.6 Å². The number of aromatic nitrogens is 1. The molecule has 0 atom stereocenters. The number of hydrogen-bond acceptors (Lipinski definition) is 3. The third-order valence-corrected chi connectivity index (χ3v) is 2.32. The second-order valence-electron chi connectivity index (χ2n) is 3.56. The molecule has 0 radical (unpaired) electrons. The van der Waals surface area contributed by atoms with Crippen molar-refractivity contribution in [2.45, 2.75) is 13.5 Å². The summed E-state index contributed by atoms with van der Waals surface area (Å²) in [6.45, 7) is 3.25. The van der Waals surface area contributed by atoms with Gasteiger partial charge in [0.2, 0.25) is 0 Å². The maximum absolute atomic E-state index is 13.5. The average Bonchev–Trinajstić information content (AvgIpc) is 2.75. The predicted octanol–water partition coefficient (Wildman–Crippen LogP) is 2.73. The molecular weight excluding hydrogens is 226 g/mol. The van der Waals surface area contributed by atoms with Gasteiger partial charge >= 0.3 is 0 Å². The highest BCUT2D eigenvalue weighted by molar-refractivity contribution is 5.59. The molecule has 90 valence electrons. The van der Waals surface area contributed by atoms with E-state index in [0.29, 0.717) is 12.2 Å². The molecule has 0 saturated carbocycles. The molecule has 0 bridgehead atoms. The van der Waals surface area contributed by atoms with Crippen LogP contribution < -0.4 is 5.32 Å². The summed E-state index contributed by atoms with van der Waals surface area (Å²) in [6.07, 6.45) is 0. The van der Waals surface area contributed by atoms with E-state index in [0.717, 1.165) is 6.54 Å². The van der Waals surface area contributed by atoms with Crippen LogP contribution in [0.2, 0.25) is 0 Å². The van der Waals surface area contributed by atoms with Crippen molar-refractivity contribution in [3.8, 4) is 11.3 Å². The molecule has 1 aromatic heterocycles. The van der Waals surface area contributed by atoms with E-state index in [1.807, 2.05) is 6.92 Å². The van der Waals surface area contributed by atoms with Crippen molar-refractivity contribution in [2.75, 3.05) is 6.54 Å². The first-order valence-corrected chi connectivity index (χ1v) is 5.33. The Hall–Kier alpha value is -1.75. The van der Waals surface area contributed by atoms with E-state index in [4.69, 9.17) is 4.52 Å². The topological polar surface area (TPSA) is 38.1 Å². The van der Waals surface area contributed by atoms with Crippen LogP contribution in [-0.2, 0) is 6.54 Å². The van der Waals surface area contributed by atoms with Crippen LogP contribution in [0.5, 0.6) is 0 Å². The Morgan fingerprint density at radius 1 is 1.29 bits per heavy atom. The SMILES string of the molecule is CCNCc1cc(-c2c(F)cccc2F)on1. The molecule has 0 amide bonds. The van der Waals surface area contributed by atoms with E-state index in [1.54, 1.807) is 0 Å². The molecule has 0 saturated heterocycles. The maximum atomic E-state index is 13.5. The molecule has 5 heteroatoms. The molecule has 1 aromatic carbocycles. The second-order valence-corrected chi connectivity index (χ2v) is 3.56. The number of nitrogens with zero attached hydrogens (tertiary/aromatic N) is 1. The molecule has 1 heterocycles. The lowest BCUT2D eigenvalue weighted by Crippen LogP contribution is -2.11. The van der Waals surface area contributed by atoms with Crippen LogP contribution in [0.15, 0.2) is 28.8 Å². The Labute approximate surface area is 97.4 Å². The predicted molar refractivity (Wildman–Crippen MR) is 59.2 cm³/mol. The molecule has 0 unspecified atom stereocenters. The van der Waals surface area contributed by atoms with Crippen LogP contribution in [0.3, 0.4) is 0 Å². The molecule has 2 rings (SSSR count). The van der Waals surface area contributed by atoms with E-state index in [9.17, 15) is 8.78 Å². The largest absolute Gasteiger partial charge is 0.356 e. The summed E-state index contributed by atoms with van der Waals surface area (Å²) in [5.74, 6) is -1.21. The van der Waals surface area contributed by atoms with Crippen LogP contribution in [0, 0.1) is 11.6 Å². The molecule has 0 aliphatic heterocycles. The van der Waals surface area contributed by atoms with E-state index in [1.165, 1.54) is 24.3 Å². The Balaban J connectivity index is 2.30. The lowest BCUT2D eigenvalue weighted by atomic mass is 10.1. The molecule has 1 N–H and O–H groups in total. The van der Waals surface area contributed by atoms with E-state index in [2.05, 4.69) is 10.5 Å². The minimum Gasteiger partial charge on any atom is -0.356 e. The van der Waals surface area contributed by atoms with Gasteiger partial charge in [-0.2, -0.15) is 0 Å². The molecule has 2 aromatic rings. The van der Waals surface area contributed by atoms with Gasteiger partial charge in [0.25, 0.3) is 0 Å². The highest BCUT2D eigenvalue weighted by atomic mass is 19.1. The molecule has 17 heavy (non-hydrogen) atoms. The monoisotopic (exact) mass is 238 g/mol. The minimum atomic E-state index is -0.656. The van der Waals surface area contributed by atoms with Gasteiger partial charge in [0.05, 0.1) is 11.3 Å². The maximum Gasteiger partial charge on any atom is 0.173 e. The van der Waals surface area contributed by atoms with Gasteiger partial charge in [-0.25, -0.2) is 8.78 Å². The smallest absolute Gasteiger partial charge is 0.173 e. The fraction of sp³-hybridized carbons (Fsp3) is 0.250. The first kappa shape index (κ1) is 11.7. The lowest BCUT2D eigenvalue weighted by Gasteiger charge is -1.98. The van der Waals surface area contributed by atoms with Crippen LogP contribution in [0.4, 0.5) is 8.78 Å². The van der Waals surface area contributed by atoms with Crippen molar-refractivity contribution >= 4 is 0 Å². The summed E-state index contributed by atoms with van der Waals surface area (Å²) < 4.78 is 31.8. The van der Waals surface area contributed by atoms with Gasteiger partial charge in [0.1, 0.15) is 11.6 Å². The van der Waals surface area contributed by atoms with Crippen molar-refractivity contribution < 1.29 is 13.3 Å². The van der Waals surface area contributed by atoms with Gasteiger partial charge in [0.15, 0.2) is 5.76 Å². The Bertz CT molecular complexity index is 491. The molecule has 0 fully saturated rings. The van der Waals surface area contributed by atoms with Gasteiger partial charge < -0.3 is 9.84 Å². The number of halogens is 2. The summed E-state index contributed by atoms with van der Waals surface area (Å²) >= 11 is 0. The first-order valence-electron chi connectivity index (χ1n) is 5.33. The zero-order valence-electron chi connectivity index (χ0n) is 9.34. The van der Waals surface area contributed by atoms with E-state index < -0.39 is 11.6 Å². The Morgan fingerprint density at radius 3 is 2.65 bits per heavy atom. The molecular formula is C12H12F2N2O. The summed E-state index contributed by atoms with van der Waals surface area (Å²) in [7, 11) is 0. The molecule has 0 aliphatic rings. The Morgan fingerprint density at radius 2 is 2.00 bits per heavy atom.